The molecule has 0 saturated heterocycles. The lowest BCUT2D eigenvalue weighted by molar-refractivity contribution is 0.354. The molecule has 2 aromatic carbocycles. The van der Waals surface area contributed by atoms with Crippen LogP contribution in [0.3, 0.4) is 0 Å². The molecule has 0 atom stereocenters. The largest absolute Gasteiger partial charge is 0.493 e. The summed E-state index contributed by atoms with van der Waals surface area (Å²) < 4.78 is 23.9. The number of ether oxygens (including phenoxy) is 2. The summed E-state index contributed by atoms with van der Waals surface area (Å²) in [5.41, 5.74) is 8.22. The molecule has 0 radical (unpaired) electrons. The number of rotatable bonds is 6. The van der Waals surface area contributed by atoms with Gasteiger partial charge in [0.25, 0.3) is 0 Å². The highest BCUT2D eigenvalue weighted by atomic mass is 19.1. The lowest BCUT2D eigenvalue weighted by Gasteiger charge is -2.10. The number of nitrogens with zero attached hydrogens (tertiary/aromatic N) is 1. The van der Waals surface area contributed by atoms with Crippen molar-refractivity contribution in [3.63, 3.8) is 0 Å². The van der Waals surface area contributed by atoms with Crippen LogP contribution in [0.5, 0.6) is 11.5 Å². The molecule has 0 bridgehead atoms. The Morgan fingerprint density at radius 2 is 1.79 bits per heavy atom. The first-order chi connectivity index (χ1) is 11.5. The summed E-state index contributed by atoms with van der Waals surface area (Å²) in [6.45, 7) is 2.54. The summed E-state index contributed by atoms with van der Waals surface area (Å²) >= 11 is 0. The van der Waals surface area contributed by atoms with Gasteiger partial charge in [-0.3, -0.25) is 0 Å². The van der Waals surface area contributed by atoms with Crippen LogP contribution in [0.2, 0.25) is 0 Å². The molecule has 0 fully saturated rings. The van der Waals surface area contributed by atoms with E-state index in [9.17, 15) is 4.39 Å². The molecule has 0 heterocycles. The van der Waals surface area contributed by atoms with Gasteiger partial charge in [0.2, 0.25) is 0 Å². The van der Waals surface area contributed by atoms with Gasteiger partial charge in [-0.05, 0) is 41.8 Å². The van der Waals surface area contributed by atoms with Gasteiger partial charge in [-0.25, -0.2) is 9.38 Å². The summed E-state index contributed by atoms with van der Waals surface area (Å²) in [7, 11) is 3.18. The van der Waals surface area contributed by atoms with Crippen LogP contribution in [0.4, 0.5) is 4.39 Å². The predicted molar refractivity (Wildman–Crippen MR) is 92.8 cm³/mol. The average molecular weight is 331 g/mol. The summed E-state index contributed by atoms with van der Waals surface area (Å²) in [5.74, 6) is 1.39. The highest BCUT2D eigenvalue weighted by molar-refractivity contribution is 5.77. The maximum Gasteiger partial charge on any atom is 0.189 e. The van der Waals surface area contributed by atoms with E-state index < -0.39 is 0 Å². The molecule has 0 aliphatic carbocycles. The van der Waals surface area contributed by atoms with Crippen molar-refractivity contribution in [3.8, 4) is 11.5 Å². The van der Waals surface area contributed by atoms with Crippen LogP contribution in [-0.4, -0.2) is 20.2 Å². The number of nitrogens with two attached hydrogens (primary N) is 1. The van der Waals surface area contributed by atoms with Crippen molar-refractivity contribution in [1.82, 2.24) is 5.32 Å². The molecule has 5 nitrogen and oxygen atoms in total. The molecule has 128 valence electrons. The van der Waals surface area contributed by atoms with Crippen molar-refractivity contribution in [2.45, 2.75) is 20.0 Å². The van der Waals surface area contributed by atoms with Crippen molar-refractivity contribution in [3.05, 3.63) is 58.9 Å². The lowest BCUT2D eigenvalue weighted by Crippen LogP contribution is -2.31. The third-order valence-corrected chi connectivity index (χ3v) is 3.59. The van der Waals surface area contributed by atoms with E-state index in [1.54, 1.807) is 27.2 Å². The summed E-state index contributed by atoms with van der Waals surface area (Å²) in [5, 5.41) is 3.02. The fourth-order valence-electron chi connectivity index (χ4n) is 2.15. The summed E-state index contributed by atoms with van der Waals surface area (Å²) in [6, 6.07) is 10.7. The quantitative estimate of drug-likeness (QED) is 0.631. The molecule has 2 rings (SSSR count). The molecule has 0 aliphatic rings. The van der Waals surface area contributed by atoms with Gasteiger partial charge in [-0.15, -0.1) is 0 Å². The predicted octanol–water partition coefficient (Wildman–Crippen LogP) is 2.76. The fourth-order valence-corrected chi connectivity index (χ4v) is 2.15. The minimum atomic E-state index is -0.237. The standard InChI is InChI=1S/C18H22FN3O2/c1-12-4-5-13(8-15(12)19)10-21-18(20)22-11-14-6-7-16(23-2)17(9-14)24-3/h4-9H,10-11H2,1-3H3,(H3,20,21,22). The number of guanidine groups is 1. The van der Waals surface area contributed by atoms with Gasteiger partial charge >= 0.3 is 0 Å². The fraction of sp³-hybridized carbons (Fsp3) is 0.278. The molecular weight excluding hydrogens is 309 g/mol. The zero-order valence-electron chi connectivity index (χ0n) is 14.1. The van der Waals surface area contributed by atoms with Crippen molar-refractivity contribution in [2.24, 2.45) is 10.7 Å². The van der Waals surface area contributed by atoms with Crippen LogP contribution in [0, 0.1) is 12.7 Å². The van der Waals surface area contributed by atoms with E-state index in [-0.39, 0.29) is 5.82 Å². The summed E-state index contributed by atoms with van der Waals surface area (Å²) in [6.07, 6.45) is 0. The molecule has 0 unspecified atom stereocenters. The highest BCUT2D eigenvalue weighted by Gasteiger charge is 2.05. The number of methoxy groups -OCH3 is 2. The van der Waals surface area contributed by atoms with Gasteiger partial charge in [-0.2, -0.15) is 0 Å². The molecule has 0 amide bonds. The van der Waals surface area contributed by atoms with Crippen LogP contribution in [0.25, 0.3) is 0 Å². The Morgan fingerprint density at radius 3 is 2.46 bits per heavy atom. The first kappa shape index (κ1) is 17.6. The molecule has 3 N–H and O–H groups in total. The van der Waals surface area contributed by atoms with Crippen molar-refractivity contribution in [1.29, 1.82) is 0 Å². The van der Waals surface area contributed by atoms with E-state index in [0.29, 0.717) is 36.1 Å². The minimum Gasteiger partial charge on any atom is -0.493 e. The molecular formula is C18H22FN3O2. The van der Waals surface area contributed by atoms with Crippen LogP contribution >= 0.6 is 0 Å². The number of aliphatic imine (C=N–C) groups is 1. The third-order valence-electron chi connectivity index (χ3n) is 3.59. The lowest BCUT2D eigenvalue weighted by atomic mass is 10.1. The molecule has 24 heavy (non-hydrogen) atoms. The Hall–Kier alpha value is -2.76. The maximum atomic E-state index is 13.5. The van der Waals surface area contributed by atoms with Crippen molar-refractivity contribution < 1.29 is 13.9 Å². The second kappa shape index (κ2) is 8.19. The van der Waals surface area contributed by atoms with Gasteiger partial charge in [0.15, 0.2) is 17.5 Å². The van der Waals surface area contributed by atoms with Crippen molar-refractivity contribution >= 4 is 5.96 Å². The number of halogens is 1. The Kier molecular flexibility index (Phi) is 6.01. The number of nitrogens with one attached hydrogen (secondary N) is 1. The Bertz CT molecular complexity index is 732. The molecule has 0 aliphatic heterocycles. The molecule has 0 aromatic heterocycles. The second-order valence-electron chi connectivity index (χ2n) is 5.33. The average Bonchev–Trinajstić information content (AvgIpc) is 2.60. The minimum absolute atomic E-state index is 0.237. The van der Waals surface area contributed by atoms with Gasteiger partial charge in [0.1, 0.15) is 5.82 Å². The van der Waals surface area contributed by atoms with Crippen LogP contribution in [0.1, 0.15) is 16.7 Å². The topological polar surface area (TPSA) is 68.9 Å². The van der Waals surface area contributed by atoms with Crippen molar-refractivity contribution in [2.75, 3.05) is 14.2 Å². The number of benzene rings is 2. The molecule has 0 saturated carbocycles. The van der Waals surface area contributed by atoms with E-state index in [0.717, 1.165) is 11.1 Å². The zero-order chi connectivity index (χ0) is 17.5. The number of aryl methyl sites for hydroxylation is 1. The normalized spacial score (nSPS) is 11.2. The SMILES string of the molecule is COc1ccc(CNC(N)=NCc2ccc(C)c(F)c2)cc1OC. The smallest absolute Gasteiger partial charge is 0.189 e. The van der Waals surface area contributed by atoms with Crippen LogP contribution in [-0.2, 0) is 13.1 Å². The first-order valence-corrected chi connectivity index (χ1v) is 7.53. The highest BCUT2D eigenvalue weighted by Crippen LogP contribution is 2.27. The molecule has 0 spiro atoms. The van der Waals surface area contributed by atoms with Crippen LogP contribution < -0.4 is 20.5 Å². The second-order valence-corrected chi connectivity index (χ2v) is 5.33. The van der Waals surface area contributed by atoms with Gasteiger partial charge in [-0.1, -0.05) is 18.2 Å². The Balaban J connectivity index is 1.94. The number of hydrogen-bond donors (Lipinski definition) is 2. The van der Waals surface area contributed by atoms with Gasteiger partial charge in [0, 0.05) is 6.54 Å². The van der Waals surface area contributed by atoms with Gasteiger partial charge in [0.05, 0.1) is 20.8 Å². The van der Waals surface area contributed by atoms with Gasteiger partial charge < -0.3 is 20.5 Å². The summed E-state index contributed by atoms with van der Waals surface area (Å²) in [4.78, 5) is 4.22. The number of hydrogen-bond acceptors (Lipinski definition) is 3. The van der Waals surface area contributed by atoms with E-state index in [4.69, 9.17) is 15.2 Å². The zero-order valence-corrected chi connectivity index (χ0v) is 14.1. The maximum absolute atomic E-state index is 13.5. The van der Waals surface area contributed by atoms with E-state index in [1.165, 1.54) is 6.07 Å². The van der Waals surface area contributed by atoms with E-state index in [2.05, 4.69) is 10.3 Å². The van der Waals surface area contributed by atoms with E-state index >= 15 is 0 Å². The van der Waals surface area contributed by atoms with E-state index in [1.807, 2.05) is 24.3 Å². The molecule has 2 aromatic rings. The Labute approximate surface area is 141 Å². The van der Waals surface area contributed by atoms with Crippen LogP contribution in [0.15, 0.2) is 41.4 Å². The first-order valence-electron chi connectivity index (χ1n) is 7.53. The third kappa shape index (κ3) is 4.62. The monoisotopic (exact) mass is 331 g/mol. The molecule has 6 heteroatoms. The Morgan fingerprint density at radius 1 is 1.08 bits per heavy atom.